The van der Waals surface area contributed by atoms with Gasteiger partial charge in [0.1, 0.15) is 0 Å². The summed E-state index contributed by atoms with van der Waals surface area (Å²) < 4.78 is 0. The Morgan fingerprint density at radius 1 is 0.861 bits per heavy atom. The molecular formula is C29H31N4O2S+. The molecule has 0 bridgehead atoms. The van der Waals surface area contributed by atoms with E-state index >= 15 is 0 Å². The Balaban J connectivity index is 1.29. The molecule has 1 atom stereocenters. The number of aryl methyl sites for hydroxylation is 2. The van der Waals surface area contributed by atoms with Crippen molar-refractivity contribution in [3.05, 3.63) is 89.5 Å². The van der Waals surface area contributed by atoms with Crippen molar-refractivity contribution in [2.24, 2.45) is 0 Å². The molecule has 6 rings (SSSR count). The van der Waals surface area contributed by atoms with Crippen molar-refractivity contribution in [3.63, 3.8) is 0 Å². The fourth-order valence-electron chi connectivity index (χ4n) is 5.68. The molecular weight excluding hydrogens is 468 g/mol. The number of para-hydroxylation sites is 2. The largest absolute Gasteiger partial charge is 0.360 e. The Bertz CT molecular complexity index is 1320. The van der Waals surface area contributed by atoms with Gasteiger partial charge in [-0.3, -0.25) is 19.4 Å². The van der Waals surface area contributed by atoms with Gasteiger partial charge in [0.05, 0.1) is 37.6 Å². The number of amides is 2. The zero-order valence-electron chi connectivity index (χ0n) is 20.7. The summed E-state index contributed by atoms with van der Waals surface area (Å²) in [4.78, 5) is 34.0. The molecule has 3 aromatic rings. The topological polar surface area (TPSA) is 48.3 Å². The number of nitrogens with zero attached hydrogens (tertiary/aromatic N) is 3. The molecule has 1 spiro atoms. The number of hydrogen-bond acceptors (Lipinski definition) is 4. The van der Waals surface area contributed by atoms with Crippen molar-refractivity contribution >= 4 is 40.6 Å². The van der Waals surface area contributed by atoms with E-state index in [0.717, 1.165) is 48.7 Å². The van der Waals surface area contributed by atoms with E-state index in [-0.39, 0.29) is 11.8 Å². The minimum atomic E-state index is -1.04. The smallest absolute Gasteiger partial charge is 0.273 e. The fourth-order valence-corrected chi connectivity index (χ4v) is 7.04. The van der Waals surface area contributed by atoms with Gasteiger partial charge >= 0.3 is 0 Å². The monoisotopic (exact) mass is 499 g/mol. The van der Waals surface area contributed by atoms with Crippen molar-refractivity contribution < 1.29 is 14.5 Å². The average molecular weight is 500 g/mol. The Labute approximate surface area is 216 Å². The van der Waals surface area contributed by atoms with Gasteiger partial charge in [0.25, 0.3) is 5.91 Å². The van der Waals surface area contributed by atoms with Crippen LogP contribution in [0.5, 0.6) is 0 Å². The van der Waals surface area contributed by atoms with Gasteiger partial charge in [-0.25, -0.2) is 0 Å². The zero-order chi connectivity index (χ0) is 24.9. The van der Waals surface area contributed by atoms with E-state index in [1.54, 1.807) is 4.90 Å². The number of anilines is 3. The van der Waals surface area contributed by atoms with E-state index in [1.807, 2.05) is 60.4 Å². The van der Waals surface area contributed by atoms with Crippen LogP contribution in [0.1, 0.15) is 16.7 Å². The summed E-state index contributed by atoms with van der Waals surface area (Å²) in [6.07, 6.45) is 0. The SMILES string of the molecule is Cc1ccc(N2C(=O)CSC23C(=O)N(C[NH+]2CCN(c4ccccc4)CC2)c2ccccc23)cc1C. The lowest BCUT2D eigenvalue weighted by molar-refractivity contribution is -0.899. The van der Waals surface area contributed by atoms with Crippen LogP contribution in [0.15, 0.2) is 72.8 Å². The summed E-state index contributed by atoms with van der Waals surface area (Å²) in [6, 6.07) is 24.6. The van der Waals surface area contributed by atoms with Crippen LogP contribution in [-0.4, -0.2) is 50.4 Å². The first-order valence-corrected chi connectivity index (χ1v) is 13.6. The highest BCUT2D eigenvalue weighted by atomic mass is 32.2. The maximum absolute atomic E-state index is 14.3. The van der Waals surface area contributed by atoms with Crippen molar-refractivity contribution in [1.82, 2.24) is 0 Å². The molecule has 3 aromatic carbocycles. The fraction of sp³-hybridized carbons (Fsp3) is 0.310. The second-order valence-corrected chi connectivity index (χ2v) is 11.1. The normalized spacial score (nSPS) is 22.1. The van der Waals surface area contributed by atoms with Crippen LogP contribution in [0, 0.1) is 13.8 Å². The molecule has 1 N–H and O–H groups in total. The van der Waals surface area contributed by atoms with Crippen LogP contribution in [0.4, 0.5) is 17.1 Å². The highest BCUT2D eigenvalue weighted by Crippen LogP contribution is 2.55. The number of piperazine rings is 1. The van der Waals surface area contributed by atoms with E-state index in [1.165, 1.54) is 27.9 Å². The molecule has 36 heavy (non-hydrogen) atoms. The second kappa shape index (κ2) is 8.98. The molecule has 3 aliphatic rings. The van der Waals surface area contributed by atoms with Crippen molar-refractivity contribution in [1.29, 1.82) is 0 Å². The van der Waals surface area contributed by atoms with E-state index in [4.69, 9.17) is 0 Å². The first-order chi connectivity index (χ1) is 17.5. The summed E-state index contributed by atoms with van der Waals surface area (Å²) in [6.45, 7) is 8.55. The molecule has 2 fully saturated rings. The lowest BCUT2D eigenvalue weighted by atomic mass is 10.0. The minimum Gasteiger partial charge on any atom is -0.360 e. The van der Waals surface area contributed by atoms with Gasteiger partial charge in [0, 0.05) is 16.9 Å². The van der Waals surface area contributed by atoms with Crippen molar-refractivity contribution in [2.45, 2.75) is 18.7 Å². The molecule has 0 aliphatic carbocycles. The predicted molar refractivity (Wildman–Crippen MR) is 146 cm³/mol. The van der Waals surface area contributed by atoms with E-state index in [2.05, 4.69) is 36.1 Å². The minimum absolute atomic E-state index is 0.00392. The highest BCUT2D eigenvalue weighted by molar-refractivity contribution is 8.02. The maximum atomic E-state index is 14.3. The van der Waals surface area contributed by atoms with Gasteiger partial charge < -0.3 is 9.80 Å². The van der Waals surface area contributed by atoms with E-state index < -0.39 is 4.87 Å². The van der Waals surface area contributed by atoms with Gasteiger partial charge in [0.15, 0.2) is 6.67 Å². The average Bonchev–Trinajstić information content (AvgIpc) is 3.37. The molecule has 3 aliphatic heterocycles. The molecule has 2 saturated heterocycles. The van der Waals surface area contributed by atoms with Gasteiger partial charge in [-0.15, -0.1) is 11.8 Å². The zero-order valence-corrected chi connectivity index (χ0v) is 21.6. The van der Waals surface area contributed by atoms with Gasteiger partial charge in [-0.2, -0.15) is 0 Å². The number of carbonyl (C=O) groups excluding carboxylic acids is 2. The number of nitrogens with one attached hydrogen (secondary N) is 1. The van der Waals surface area contributed by atoms with Crippen LogP contribution in [0.3, 0.4) is 0 Å². The van der Waals surface area contributed by atoms with Crippen LogP contribution >= 0.6 is 11.8 Å². The van der Waals surface area contributed by atoms with Crippen molar-refractivity contribution in [3.8, 4) is 0 Å². The number of thioether (sulfide) groups is 1. The number of benzene rings is 3. The highest BCUT2D eigenvalue weighted by Gasteiger charge is 2.61. The van der Waals surface area contributed by atoms with Crippen molar-refractivity contribution in [2.75, 3.05) is 53.3 Å². The molecule has 1 unspecified atom stereocenters. The van der Waals surface area contributed by atoms with Crippen LogP contribution in [0.25, 0.3) is 0 Å². The van der Waals surface area contributed by atoms with Gasteiger partial charge in [-0.05, 0) is 55.3 Å². The quantitative estimate of drug-likeness (QED) is 0.600. The number of carbonyl (C=O) groups is 2. The van der Waals surface area contributed by atoms with Crippen LogP contribution < -0.4 is 19.6 Å². The number of hydrogen-bond donors (Lipinski definition) is 1. The Morgan fingerprint density at radius 3 is 2.33 bits per heavy atom. The van der Waals surface area contributed by atoms with Gasteiger partial charge in [-0.1, -0.05) is 42.5 Å². The molecule has 2 amide bonds. The molecule has 3 heterocycles. The third kappa shape index (κ3) is 3.61. The summed E-state index contributed by atoms with van der Waals surface area (Å²) in [5.74, 6) is 0.275. The number of quaternary nitrogens is 1. The lowest BCUT2D eigenvalue weighted by Crippen LogP contribution is -3.16. The third-order valence-electron chi connectivity index (χ3n) is 7.79. The Morgan fingerprint density at radius 2 is 1.58 bits per heavy atom. The molecule has 0 aromatic heterocycles. The first-order valence-electron chi connectivity index (χ1n) is 12.6. The molecule has 7 heteroatoms. The number of rotatable bonds is 4. The lowest BCUT2D eigenvalue weighted by Gasteiger charge is -2.36. The second-order valence-electron chi connectivity index (χ2n) is 9.91. The summed E-state index contributed by atoms with van der Waals surface area (Å²) in [7, 11) is 0. The molecule has 6 nitrogen and oxygen atoms in total. The Hall–Kier alpha value is -3.29. The summed E-state index contributed by atoms with van der Waals surface area (Å²) in [5.41, 5.74) is 6.18. The van der Waals surface area contributed by atoms with E-state index in [0.29, 0.717) is 12.4 Å². The number of fused-ring (bicyclic) bond motifs is 2. The summed E-state index contributed by atoms with van der Waals surface area (Å²) >= 11 is 1.46. The predicted octanol–water partition coefficient (Wildman–Crippen LogP) is 2.95. The maximum Gasteiger partial charge on any atom is 0.273 e. The third-order valence-corrected chi connectivity index (χ3v) is 9.17. The van der Waals surface area contributed by atoms with Crippen LogP contribution in [0.2, 0.25) is 0 Å². The molecule has 0 radical (unpaired) electrons. The van der Waals surface area contributed by atoms with Crippen LogP contribution in [-0.2, 0) is 14.5 Å². The van der Waals surface area contributed by atoms with E-state index in [9.17, 15) is 9.59 Å². The Kier molecular flexibility index (Phi) is 5.77. The summed E-state index contributed by atoms with van der Waals surface area (Å²) in [5, 5.41) is 0. The first kappa shape index (κ1) is 23.1. The molecule has 184 valence electrons. The molecule has 0 saturated carbocycles. The standard InChI is InChI=1S/C29H30N4O2S/c1-21-12-13-24(18-22(21)2)33-27(34)19-36-29(33)25-10-6-7-11-26(25)32(28(29)35)20-30-14-16-31(17-15-30)23-8-4-3-5-9-23/h3-13,18H,14-17,19-20H2,1-2H3/p+1. The van der Waals surface area contributed by atoms with Gasteiger partial charge in [0.2, 0.25) is 10.8 Å².